The van der Waals surface area contributed by atoms with Gasteiger partial charge in [0.25, 0.3) is 15.6 Å². The number of aliphatic hydroxyl groups excluding tert-OH is 2. The molecule has 1 fully saturated rings. The molecule has 0 bridgehead atoms. The van der Waals surface area contributed by atoms with E-state index in [0.29, 0.717) is 0 Å². The Bertz CT molecular complexity index is 1110. The van der Waals surface area contributed by atoms with Crippen LogP contribution in [0.3, 0.4) is 0 Å². The number of phosphoric ester groups is 1. The summed E-state index contributed by atoms with van der Waals surface area (Å²) in [5, 5.41) is 20.4. The number of hydrogen-bond acceptors (Lipinski definition) is 17. The molecule has 1 aliphatic heterocycles. The van der Waals surface area contributed by atoms with Gasteiger partial charge in [-0.25, -0.2) is 19.3 Å². The van der Waals surface area contributed by atoms with Crippen LogP contribution in [-0.2, 0) is 38.8 Å². The number of anilines is 1. The average molecular weight is 519 g/mol. The third-order valence-corrected chi connectivity index (χ3v) is 8.06. The van der Waals surface area contributed by atoms with E-state index in [1.165, 1.54) is 10.9 Å². The summed E-state index contributed by atoms with van der Waals surface area (Å²) in [5.74, 6) is 0.0343. The summed E-state index contributed by atoms with van der Waals surface area (Å²) >= 11 is 3.68. The summed E-state index contributed by atoms with van der Waals surface area (Å²) in [7, 11) is -11.6. The molecule has 2 aromatic heterocycles. The van der Waals surface area contributed by atoms with Crippen molar-refractivity contribution < 1.29 is 56.8 Å². The largest absolute Gasteiger partial charge is 0.812 e. The summed E-state index contributed by atoms with van der Waals surface area (Å²) in [4.78, 5) is 55.9. The van der Waals surface area contributed by atoms with Gasteiger partial charge in [0.1, 0.15) is 30.2 Å². The van der Waals surface area contributed by atoms with Gasteiger partial charge < -0.3 is 49.1 Å². The number of nitrogens with two attached hydrogens (primary N) is 1. The highest BCUT2D eigenvalue weighted by atomic mass is 32.5. The van der Waals surface area contributed by atoms with Crippen molar-refractivity contribution in [2.24, 2.45) is 0 Å². The molecule has 0 aliphatic carbocycles. The number of nitrogen functional groups attached to an aromatic ring is 1. The SMILES string of the molecule is Nc1ncnc2c1ncn2C1OC(COP(=O)([O-])OP(=O)([O-])OP([O-])([O-])=S)C(O)C1O. The Morgan fingerprint density at radius 2 is 1.81 bits per heavy atom. The van der Waals surface area contributed by atoms with Gasteiger partial charge >= 0.3 is 0 Å². The third kappa shape index (κ3) is 5.90. The minimum Gasteiger partial charge on any atom is -0.812 e. The molecule has 0 amide bonds. The lowest BCUT2D eigenvalue weighted by Crippen LogP contribution is -2.34. The zero-order valence-electron chi connectivity index (χ0n) is 14.8. The number of aromatic nitrogens is 4. The molecule has 2 aromatic rings. The predicted molar refractivity (Wildman–Crippen MR) is 93.3 cm³/mol. The zero-order valence-corrected chi connectivity index (χ0v) is 18.3. The van der Waals surface area contributed by atoms with Crippen LogP contribution in [0, 0.1) is 0 Å². The number of imidazole rings is 1. The first-order valence-corrected chi connectivity index (χ1v) is 13.3. The average Bonchev–Trinajstić information content (AvgIpc) is 3.13. The fourth-order valence-electron chi connectivity index (χ4n) is 2.60. The zero-order chi connectivity index (χ0) is 23.2. The molecule has 0 spiro atoms. The molecule has 1 saturated heterocycles. The topological polar surface area (TPSA) is 273 Å². The maximum Gasteiger partial charge on any atom is 0.276 e. The van der Waals surface area contributed by atoms with E-state index in [0.717, 1.165) is 6.33 Å². The molecule has 21 heteroatoms. The van der Waals surface area contributed by atoms with Gasteiger partial charge in [0.2, 0.25) is 0 Å². The van der Waals surface area contributed by atoms with Crippen LogP contribution in [-0.4, -0.2) is 54.7 Å². The van der Waals surface area contributed by atoms with Gasteiger partial charge in [-0.15, -0.1) is 11.8 Å². The summed E-state index contributed by atoms with van der Waals surface area (Å²) in [5.41, 5.74) is 5.97. The molecular weight excluding hydrogens is 507 g/mol. The van der Waals surface area contributed by atoms with Crippen molar-refractivity contribution in [2.45, 2.75) is 24.5 Å². The van der Waals surface area contributed by atoms with Crippen molar-refractivity contribution in [3.63, 3.8) is 0 Å². The van der Waals surface area contributed by atoms with Gasteiger partial charge in [-0.2, -0.15) is 0 Å². The van der Waals surface area contributed by atoms with Gasteiger partial charge in [0, 0.05) is 0 Å². The van der Waals surface area contributed by atoms with Crippen LogP contribution < -0.4 is 25.3 Å². The second-order valence-electron chi connectivity index (χ2n) is 5.93. The summed E-state index contributed by atoms with van der Waals surface area (Å²) in [6.07, 6.45) is -3.83. The molecule has 4 N–H and O–H groups in total. The molecule has 31 heavy (non-hydrogen) atoms. The van der Waals surface area contributed by atoms with Crippen LogP contribution in [0.5, 0.6) is 0 Å². The van der Waals surface area contributed by atoms with Crippen LogP contribution in [0.1, 0.15) is 6.23 Å². The summed E-state index contributed by atoms with van der Waals surface area (Å²) in [6, 6.07) is 0. The maximum absolute atomic E-state index is 11.7. The highest BCUT2D eigenvalue weighted by Gasteiger charge is 2.45. The number of ether oxygens (including phenoxy) is 1. The van der Waals surface area contributed by atoms with Crippen molar-refractivity contribution in [2.75, 3.05) is 12.3 Å². The van der Waals surface area contributed by atoms with Crippen LogP contribution >= 0.6 is 22.4 Å². The molecule has 17 nitrogen and oxygen atoms in total. The minimum absolute atomic E-state index is 0.0343. The Morgan fingerprint density at radius 1 is 1.13 bits per heavy atom. The smallest absolute Gasteiger partial charge is 0.276 e. The summed E-state index contributed by atoms with van der Waals surface area (Å²) in [6.45, 7) is -6.33. The highest BCUT2D eigenvalue weighted by Crippen LogP contribution is 2.60. The second-order valence-corrected chi connectivity index (χ2v) is 11.5. The Kier molecular flexibility index (Phi) is 6.99. The van der Waals surface area contributed by atoms with Crippen LogP contribution in [0.4, 0.5) is 5.82 Å². The number of fused-ring (bicyclic) bond motifs is 1. The van der Waals surface area contributed by atoms with Crippen molar-refractivity contribution >= 4 is 51.2 Å². The molecule has 6 atom stereocenters. The van der Waals surface area contributed by atoms with E-state index < -0.39 is 53.5 Å². The van der Waals surface area contributed by atoms with E-state index in [2.05, 4.69) is 39.9 Å². The number of phosphoric acid groups is 2. The Balaban J connectivity index is 1.69. The number of nitrogens with zero attached hydrogens (tertiary/aromatic N) is 4. The van der Waals surface area contributed by atoms with Gasteiger partial charge in [-0.3, -0.25) is 13.7 Å². The first-order valence-electron chi connectivity index (χ1n) is 7.85. The normalized spacial score (nSPS) is 28.5. The van der Waals surface area contributed by atoms with Gasteiger partial charge in [0.15, 0.2) is 17.7 Å². The molecule has 0 saturated carbocycles. The summed E-state index contributed by atoms with van der Waals surface area (Å²) < 4.78 is 40.7. The van der Waals surface area contributed by atoms with Crippen LogP contribution in [0.2, 0.25) is 0 Å². The van der Waals surface area contributed by atoms with Crippen molar-refractivity contribution in [1.29, 1.82) is 0 Å². The highest BCUT2D eigenvalue weighted by molar-refractivity contribution is 8.06. The quantitative estimate of drug-likeness (QED) is 0.280. The van der Waals surface area contributed by atoms with Crippen molar-refractivity contribution in [3.8, 4) is 0 Å². The van der Waals surface area contributed by atoms with E-state index in [9.17, 15) is 38.9 Å². The number of hydrogen-bond donors (Lipinski definition) is 3. The van der Waals surface area contributed by atoms with Crippen LogP contribution in [0.15, 0.2) is 12.7 Å². The van der Waals surface area contributed by atoms with Crippen molar-refractivity contribution in [3.05, 3.63) is 12.7 Å². The fourth-order valence-corrected chi connectivity index (χ4v) is 6.20. The number of rotatable bonds is 8. The molecule has 6 unspecified atom stereocenters. The van der Waals surface area contributed by atoms with E-state index in [1.54, 1.807) is 0 Å². The van der Waals surface area contributed by atoms with E-state index in [1.807, 2.05) is 0 Å². The lowest BCUT2D eigenvalue weighted by atomic mass is 10.1. The number of aliphatic hydroxyl groups is 2. The Hall–Kier alpha value is -0.940. The first-order chi connectivity index (χ1) is 14.2. The molecule has 0 aromatic carbocycles. The lowest BCUT2D eigenvalue weighted by molar-refractivity contribution is -0.320. The molecule has 174 valence electrons. The first kappa shape index (κ1) is 24.7. The molecule has 1 aliphatic rings. The van der Waals surface area contributed by atoms with Crippen molar-refractivity contribution in [1.82, 2.24) is 19.5 Å². The molecule has 3 rings (SSSR count). The minimum atomic E-state index is -5.93. The van der Waals surface area contributed by atoms with Gasteiger partial charge in [-0.05, 0) is 0 Å². The molecule has 0 radical (unpaired) electrons. The second kappa shape index (κ2) is 8.78. The fraction of sp³-hybridized carbons (Fsp3) is 0.500. The Morgan fingerprint density at radius 3 is 2.45 bits per heavy atom. The standard InChI is InChI=1S/C10H16N5O12P3S/c11-8-5-9(13-2-12-8)15(3-14-5)10-7(17)6(16)4(25-10)1-24-28(18,19)26-29(20,21)27-30(22,23)31/h2-4,6-7,10,16-17H,1H2,(H,18,19)(H,20,21)(H2,11,12,13)(H2,22,23,31)/p-4. The van der Waals surface area contributed by atoms with E-state index >= 15 is 0 Å². The van der Waals surface area contributed by atoms with Gasteiger partial charge in [-0.1, -0.05) is 6.72 Å². The maximum atomic E-state index is 11.7. The third-order valence-electron chi connectivity index (χ3n) is 3.80. The van der Waals surface area contributed by atoms with Crippen LogP contribution in [0.25, 0.3) is 11.2 Å². The Labute approximate surface area is 177 Å². The molecule has 3 heterocycles. The van der Waals surface area contributed by atoms with E-state index in [-0.39, 0.29) is 17.0 Å². The molecular formula is C10H12N5O12P3S-4. The van der Waals surface area contributed by atoms with Gasteiger partial charge in [0.05, 0.1) is 12.9 Å². The van der Waals surface area contributed by atoms with E-state index in [4.69, 9.17) is 10.5 Å². The monoisotopic (exact) mass is 519 g/mol. The lowest BCUT2D eigenvalue weighted by Gasteiger charge is -2.40. The predicted octanol–water partition coefficient (Wildman–Crippen LogP) is -4.04.